The Balaban J connectivity index is 3.03. The second kappa shape index (κ2) is 2.85. The van der Waals surface area contributed by atoms with Gasteiger partial charge in [-0.3, -0.25) is 4.99 Å². The molecule has 1 atom stereocenters. The van der Waals surface area contributed by atoms with Gasteiger partial charge in [-0.2, -0.15) is 0 Å². The van der Waals surface area contributed by atoms with Crippen LogP contribution in [-0.4, -0.2) is 12.4 Å². The van der Waals surface area contributed by atoms with E-state index in [0.717, 1.165) is 0 Å². The van der Waals surface area contributed by atoms with Crippen LogP contribution in [0.5, 0.6) is 0 Å². The fourth-order valence-corrected chi connectivity index (χ4v) is 0.235. The van der Waals surface area contributed by atoms with Crippen LogP contribution in [0.3, 0.4) is 0 Å². The molecule has 0 spiro atoms. The zero-order valence-corrected chi connectivity index (χ0v) is 4.18. The number of aliphatic imine (C=N–C) groups is 1. The summed E-state index contributed by atoms with van der Waals surface area (Å²) in [6.45, 7) is 3.68. The number of nitrogens with two attached hydrogens (primary N) is 1. The van der Waals surface area contributed by atoms with E-state index in [0.29, 0.717) is 0 Å². The van der Waals surface area contributed by atoms with Crippen molar-refractivity contribution in [2.75, 3.05) is 0 Å². The molecule has 0 aromatic rings. The van der Waals surface area contributed by atoms with E-state index in [9.17, 15) is 0 Å². The van der Waals surface area contributed by atoms with Gasteiger partial charge in [0.1, 0.15) is 0 Å². The second-order valence-electron chi connectivity index (χ2n) is 1.15. The predicted octanol–water partition coefficient (Wildman–Crippen LogP) is 0.382. The molecule has 0 bridgehead atoms. The molecule has 0 aromatic heterocycles. The maximum absolute atomic E-state index is 5.20. The van der Waals surface area contributed by atoms with E-state index in [2.05, 4.69) is 4.99 Å². The van der Waals surface area contributed by atoms with Crippen molar-refractivity contribution in [2.45, 2.75) is 20.0 Å². The average molecular weight is 86.1 g/mol. The zero-order chi connectivity index (χ0) is 4.99. The third-order valence-electron chi connectivity index (χ3n) is 0.384. The monoisotopic (exact) mass is 86.1 g/mol. The first-order valence-electron chi connectivity index (χ1n) is 2.00. The SMILES string of the molecule is CC=NC(C)N. The summed E-state index contributed by atoms with van der Waals surface area (Å²) in [6, 6.07) is 0. The van der Waals surface area contributed by atoms with Gasteiger partial charge < -0.3 is 5.73 Å². The first-order chi connectivity index (χ1) is 2.77. The van der Waals surface area contributed by atoms with Gasteiger partial charge in [-0.05, 0) is 20.1 Å². The molecule has 0 aliphatic heterocycles. The van der Waals surface area contributed by atoms with Gasteiger partial charge in [-0.25, -0.2) is 0 Å². The van der Waals surface area contributed by atoms with Gasteiger partial charge in [0.25, 0.3) is 0 Å². The molecule has 0 rings (SSSR count). The minimum Gasteiger partial charge on any atom is -0.310 e. The molecule has 2 N–H and O–H groups in total. The first-order valence-corrected chi connectivity index (χ1v) is 2.00. The molecule has 36 valence electrons. The molecule has 0 amide bonds. The van der Waals surface area contributed by atoms with Crippen molar-refractivity contribution in [3.63, 3.8) is 0 Å². The largest absolute Gasteiger partial charge is 0.310 e. The maximum Gasteiger partial charge on any atom is 0.0936 e. The fraction of sp³-hybridized carbons (Fsp3) is 0.750. The van der Waals surface area contributed by atoms with Crippen LogP contribution >= 0.6 is 0 Å². The fourth-order valence-electron chi connectivity index (χ4n) is 0.235. The summed E-state index contributed by atoms with van der Waals surface area (Å²) in [6.07, 6.45) is 1.67. The highest BCUT2D eigenvalue weighted by molar-refractivity contribution is 5.53. The van der Waals surface area contributed by atoms with Crippen molar-refractivity contribution in [2.24, 2.45) is 10.7 Å². The Hall–Kier alpha value is -0.370. The topological polar surface area (TPSA) is 38.4 Å². The van der Waals surface area contributed by atoms with Crippen molar-refractivity contribution >= 4 is 6.21 Å². The van der Waals surface area contributed by atoms with Crippen LogP contribution in [0.4, 0.5) is 0 Å². The van der Waals surface area contributed by atoms with Crippen molar-refractivity contribution in [1.29, 1.82) is 0 Å². The van der Waals surface area contributed by atoms with Gasteiger partial charge in [-0.1, -0.05) is 0 Å². The summed E-state index contributed by atoms with van der Waals surface area (Å²) in [5.74, 6) is 0. The third-order valence-corrected chi connectivity index (χ3v) is 0.384. The summed E-state index contributed by atoms with van der Waals surface area (Å²) >= 11 is 0. The van der Waals surface area contributed by atoms with Crippen LogP contribution in [0, 0.1) is 0 Å². The summed E-state index contributed by atoms with van der Waals surface area (Å²) in [5, 5.41) is 0. The Bertz CT molecular complexity index is 47.5. The standard InChI is InChI=1S/C4H10N2/c1-3-6-4(2)5/h3-4H,5H2,1-2H3. The molecule has 2 heteroatoms. The third kappa shape index (κ3) is 3.63. The highest BCUT2D eigenvalue weighted by Gasteiger charge is 1.76. The average Bonchev–Trinajstić information content (AvgIpc) is 1.35. The minimum atomic E-state index is -0.0324. The summed E-state index contributed by atoms with van der Waals surface area (Å²) in [7, 11) is 0. The van der Waals surface area contributed by atoms with E-state index in [4.69, 9.17) is 5.73 Å². The van der Waals surface area contributed by atoms with Crippen LogP contribution in [-0.2, 0) is 0 Å². The van der Waals surface area contributed by atoms with Crippen LogP contribution in [0.2, 0.25) is 0 Å². The van der Waals surface area contributed by atoms with Crippen molar-refractivity contribution in [1.82, 2.24) is 0 Å². The van der Waals surface area contributed by atoms with Crippen LogP contribution < -0.4 is 5.73 Å². The summed E-state index contributed by atoms with van der Waals surface area (Å²) in [5.41, 5.74) is 5.20. The van der Waals surface area contributed by atoms with Gasteiger partial charge in [0.05, 0.1) is 6.17 Å². The lowest BCUT2D eigenvalue weighted by Crippen LogP contribution is -2.10. The molecule has 0 fully saturated rings. The predicted molar refractivity (Wildman–Crippen MR) is 27.8 cm³/mol. The van der Waals surface area contributed by atoms with Gasteiger partial charge in [-0.15, -0.1) is 0 Å². The van der Waals surface area contributed by atoms with Crippen LogP contribution in [0.1, 0.15) is 13.8 Å². The smallest absolute Gasteiger partial charge is 0.0936 e. The number of rotatable bonds is 1. The molecule has 0 radical (unpaired) electrons. The molecule has 2 nitrogen and oxygen atoms in total. The molecular weight excluding hydrogens is 76.1 g/mol. The van der Waals surface area contributed by atoms with Crippen molar-refractivity contribution in [3.8, 4) is 0 Å². The van der Waals surface area contributed by atoms with Gasteiger partial charge in [0, 0.05) is 0 Å². The number of hydrogen-bond donors (Lipinski definition) is 1. The van der Waals surface area contributed by atoms with E-state index in [1.165, 1.54) is 0 Å². The molecular formula is C4H10N2. The molecule has 0 heterocycles. The molecule has 6 heavy (non-hydrogen) atoms. The normalized spacial score (nSPS) is 15.8. The maximum atomic E-state index is 5.20. The summed E-state index contributed by atoms with van der Waals surface area (Å²) in [4.78, 5) is 3.78. The lowest BCUT2D eigenvalue weighted by Gasteiger charge is -1.89. The van der Waals surface area contributed by atoms with Crippen LogP contribution in [0.25, 0.3) is 0 Å². The van der Waals surface area contributed by atoms with Crippen molar-refractivity contribution in [3.05, 3.63) is 0 Å². The number of hydrogen-bond acceptors (Lipinski definition) is 2. The Labute approximate surface area is 38.1 Å². The molecule has 0 saturated carbocycles. The van der Waals surface area contributed by atoms with E-state index in [1.54, 1.807) is 6.21 Å². The Morgan fingerprint density at radius 3 is 2.33 bits per heavy atom. The number of nitrogens with zero attached hydrogens (tertiary/aromatic N) is 1. The zero-order valence-electron chi connectivity index (χ0n) is 4.18. The van der Waals surface area contributed by atoms with E-state index in [1.807, 2.05) is 13.8 Å². The quantitative estimate of drug-likeness (QED) is 0.460. The summed E-state index contributed by atoms with van der Waals surface area (Å²) < 4.78 is 0. The highest BCUT2D eigenvalue weighted by atomic mass is 14.9. The molecule has 0 aliphatic carbocycles. The first kappa shape index (κ1) is 5.63. The van der Waals surface area contributed by atoms with Gasteiger partial charge in [0.15, 0.2) is 0 Å². The highest BCUT2D eigenvalue weighted by Crippen LogP contribution is 1.70. The Morgan fingerprint density at radius 1 is 1.83 bits per heavy atom. The van der Waals surface area contributed by atoms with E-state index in [-0.39, 0.29) is 6.17 Å². The van der Waals surface area contributed by atoms with E-state index >= 15 is 0 Å². The van der Waals surface area contributed by atoms with Gasteiger partial charge in [0.2, 0.25) is 0 Å². The molecule has 1 unspecified atom stereocenters. The molecule has 0 aliphatic rings. The second-order valence-corrected chi connectivity index (χ2v) is 1.15. The van der Waals surface area contributed by atoms with Crippen LogP contribution in [0.15, 0.2) is 4.99 Å². The molecule has 0 aromatic carbocycles. The minimum absolute atomic E-state index is 0.0324. The molecule has 0 saturated heterocycles. The Morgan fingerprint density at radius 2 is 2.33 bits per heavy atom. The lowest BCUT2D eigenvalue weighted by atomic mass is 10.6. The Kier molecular flexibility index (Phi) is 2.67. The van der Waals surface area contributed by atoms with E-state index < -0.39 is 0 Å². The van der Waals surface area contributed by atoms with Crippen molar-refractivity contribution < 1.29 is 0 Å². The van der Waals surface area contributed by atoms with Gasteiger partial charge >= 0.3 is 0 Å². The lowest BCUT2D eigenvalue weighted by molar-refractivity contribution is 0.796.